The normalized spacial score (nSPS) is 12.5. The highest BCUT2D eigenvalue weighted by atomic mass is 35.5. The van der Waals surface area contributed by atoms with E-state index < -0.39 is 10.8 Å². The molecule has 1 unspecified atom stereocenters. The molecular weight excluding hydrogens is 286 g/mol. The molecule has 1 atom stereocenters. The highest BCUT2D eigenvalue weighted by Crippen LogP contribution is 2.31. The van der Waals surface area contributed by atoms with Gasteiger partial charge in [0.15, 0.2) is 5.82 Å². The van der Waals surface area contributed by atoms with Gasteiger partial charge in [-0.15, -0.1) is 5.10 Å². The minimum Gasteiger partial charge on any atom is -0.398 e. The predicted molar refractivity (Wildman–Crippen MR) is 76.2 cm³/mol. The fourth-order valence-electron chi connectivity index (χ4n) is 1.64. The molecule has 19 heavy (non-hydrogen) atoms. The van der Waals surface area contributed by atoms with Gasteiger partial charge in [-0.3, -0.25) is 4.21 Å². The topological polar surface area (TPSA) is 86.7 Å². The number of nitrogens with two attached hydrogens (primary N) is 1. The van der Waals surface area contributed by atoms with Crippen molar-refractivity contribution >= 4 is 28.1 Å². The van der Waals surface area contributed by atoms with E-state index in [1.54, 1.807) is 22.9 Å². The number of anilines is 1. The van der Waals surface area contributed by atoms with Crippen molar-refractivity contribution in [2.45, 2.75) is 13.5 Å². The van der Waals surface area contributed by atoms with E-state index in [4.69, 9.17) is 17.3 Å². The van der Waals surface area contributed by atoms with Gasteiger partial charge in [0.05, 0.1) is 17.1 Å². The highest BCUT2D eigenvalue weighted by Gasteiger charge is 2.15. The Labute approximate surface area is 118 Å². The summed E-state index contributed by atoms with van der Waals surface area (Å²) < 4.78 is 13.0. The average Bonchev–Trinajstić information content (AvgIpc) is 2.84. The van der Waals surface area contributed by atoms with Gasteiger partial charge < -0.3 is 5.73 Å². The van der Waals surface area contributed by atoms with Gasteiger partial charge in [-0.1, -0.05) is 24.6 Å². The molecule has 2 rings (SSSR count). The van der Waals surface area contributed by atoms with Crippen LogP contribution in [0.3, 0.4) is 0 Å². The van der Waals surface area contributed by atoms with Gasteiger partial charge in [0.1, 0.15) is 0 Å². The van der Waals surface area contributed by atoms with Crippen LogP contribution in [-0.2, 0) is 17.3 Å². The van der Waals surface area contributed by atoms with E-state index in [1.807, 2.05) is 6.92 Å². The number of hydrogen-bond donors (Lipinski definition) is 1. The van der Waals surface area contributed by atoms with E-state index in [2.05, 4.69) is 15.5 Å². The summed E-state index contributed by atoms with van der Waals surface area (Å²) in [6.07, 6.45) is 0. The number of rotatable bonds is 5. The molecule has 0 radical (unpaired) electrons. The summed E-state index contributed by atoms with van der Waals surface area (Å²) in [5.41, 5.74) is 7.03. The number of nitrogen functional groups attached to an aromatic ring is 1. The number of halogens is 1. The van der Waals surface area contributed by atoms with Crippen LogP contribution in [0.2, 0.25) is 5.02 Å². The zero-order valence-electron chi connectivity index (χ0n) is 10.4. The van der Waals surface area contributed by atoms with Crippen LogP contribution in [0.15, 0.2) is 18.2 Å². The molecule has 0 aliphatic rings. The molecule has 8 heteroatoms. The highest BCUT2D eigenvalue weighted by molar-refractivity contribution is 7.84. The van der Waals surface area contributed by atoms with Crippen LogP contribution in [0, 0.1) is 0 Å². The zero-order chi connectivity index (χ0) is 13.8. The van der Waals surface area contributed by atoms with Crippen LogP contribution in [0.5, 0.6) is 0 Å². The second-order valence-electron chi connectivity index (χ2n) is 3.86. The summed E-state index contributed by atoms with van der Waals surface area (Å²) in [6.45, 7) is 2.34. The maximum atomic E-state index is 11.5. The van der Waals surface area contributed by atoms with Crippen LogP contribution in [-0.4, -0.2) is 35.9 Å². The van der Waals surface area contributed by atoms with Crippen LogP contribution >= 0.6 is 11.6 Å². The first kappa shape index (κ1) is 14.0. The maximum Gasteiger partial charge on any atom is 0.185 e. The monoisotopic (exact) mass is 299 g/mol. The molecule has 6 nitrogen and oxygen atoms in total. The molecule has 0 aliphatic carbocycles. The second-order valence-corrected chi connectivity index (χ2v) is 6.13. The van der Waals surface area contributed by atoms with Gasteiger partial charge in [-0.25, -0.2) is 4.68 Å². The Balaban J connectivity index is 2.31. The maximum absolute atomic E-state index is 11.5. The van der Waals surface area contributed by atoms with Gasteiger partial charge in [0.2, 0.25) is 0 Å². The standard InChI is InChI=1S/C11H14ClN5OS/c1-2-19(18)7-6-17-11(14-15-16-17)10-8(12)4-3-5-9(10)13/h3-5H,2,6-7,13H2,1H3. The summed E-state index contributed by atoms with van der Waals surface area (Å²) >= 11 is 6.13. The van der Waals surface area contributed by atoms with Gasteiger partial charge in [0.25, 0.3) is 0 Å². The van der Waals surface area contributed by atoms with Crippen molar-refractivity contribution in [2.24, 2.45) is 0 Å². The van der Waals surface area contributed by atoms with Crippen molar-refractivity contribution in [3.8, 4) is 11.4 Å². The van der Waals surface area contributed by atoms with E-state index in [0.29, 0.717) is 40.1 Å². The SMILES string of the molecule is CCS(=O)CCn1nnnc1-c1c(N)cccc1Cl. The number of aryl methyl sites for hydroxylation is 1. The van der Waals surface area contributed by atoms with E-state index in [0.717, 1.165) is 0 Å². The Morgan fingerprint density at radius 2 is 2.26 bits per heavy atom. The smallest absolute Gasteiger partial charge is 0.185 e. The van der Waals surface area contributed by atoms with Gasteiger partial charge in [-0.2, -0.15) is 0 Å². The molecule has 0 spiro atoms. The molecule has 0 saturated heterocycles. The Morgan fingerprint density at radius 3 is 2.95 bits per heavy atom. The van der Waals surface area contributed by atoms with Crippen LogP contribution < -0.4 is 5.73 Å². The fraction of sp³-hybridized carbons (Fsp3) is 0.364. The Kier molecular flexibility index (Phi) is 4.49. The Bertz CT molecular complexity index is 580. The third-order valence-corrected chi connectivity index (χ3v) is 4.25. The average molecular weight is 300 g/mol. The summed E-state index contributed by atoms with van der Waals surface area (Å²) in [7, 11) is -0.868. The summed E-state index contributed by atoms with van der Waals surface area (Å²) in [4.78, 5) is 0. The first-order chi connectivity index (χ1) is 9.13. The van der Waals surface area contributed by atoms with Gasteiger partial charge in [0, 0.05) is 28.0 Å². The minimum atomic E-state index is -0.868. The lowest BCUT2D eigenvalue weighted by atomic mass is 10.1. The molecule has 2 N–H and O–H groups in total. The first-order valence-corrected chi connectivity index (χ1v) is 7.65. The molecule has 1 heterocycles. The lowest BCUT2D eigenvalue weighted by molar-refractivity contribution is 0.624. The minimum absolute atomic E-state index is 0.466. The van der Waals surface area contributed by atoms with Crippen molar-refractivity contribution in [1.82, 2.24) is 20.2 Å². The molecule has 2 aromatic rings. The summed E-state index contributed by atoms with van der Waals surface area (Å²) in [5.74, 6) is 1.61. The Hall–Kier alpha value is -1.47. The molecule has 0 fully saturated rings. The van der Waals surface area contributed by atoms with E-state index >= 15 is 0 Å². The van der Waals surface area contributed by atoms with Crippen LogP contribution in [0.25, 0.3) is 11.4 Å². The third kappa shape index (κ3) is 3.10. The van der Waals surface area contributed by atoms with E-state index in [9.17, 15) is 4.21 Å². The summed E-state index contributed by atoms with van der Waals surface area (Å²) in [6, 6.07) is 5.24. The molecule has 0 bridgehead atoms. The van der Waals surface area contributed by atoms with Gasteiger partial charge >= 0.3 is 0 Å². The van der Waals surface area contributed by atoms with E-state index in [-0.39, 0.29) is 0 Å². The van der Waals surface area contributed by atoms with Crippen molar-refractivity contribution in [2.75, 3.05) is 17.2 Å². The van der Waals surface area contributed by atoms with Crippen molar-refractivity contribution in [3.05, 3.63) is 23.2 Å². The number of nitrogens with zero attached hydrogens (tertiary/aromatic N) is 4. The number of hydrogen-bond acceptors (Lipinski definition) is 5. The quantitative estimate of drug-likeness (QED) is 0.842. The van der Waals surface area contributed by atoms with E-state index in [1.165, 1.54) is 0 Å². The number of aromatic nitrogens is 4. The van der Waals surface area contributed by atoms with Crippen molar-refractivity contribution in [1.29, 1.82) is 0 Å². The van der Waals surface area contributed by atoms with Crippen LogP contribution in [0.4, 0.5) is 5.69 Å². The number of tetrazole rings is 1. The summed E-state index contributed by atoms with van der Waals surface area (Å²) in [5, 5.41) is 12.0. The molecule has 0 amide bonds. The van der Waals surface area contributed by atoms with Crippen molar-refractivity contribution < 1.29 is 4.21 Å². The fourth-order valence-corrected chi connectivity index (χ4v) is 2.58. The zero-order valence-corrected chi connectivity index (χ0v) is 12.0. The molecule has 1 aromatic heterocycles. The lowest BCUT2D eigenvalue weighted by Crippen LogP contribution is -2.12. The molecule has 0 aliphatic heterocycles. The van der Waals surface area contributed by atoms with Crippen molar-refractivity contribution in [3.63, 3.8) is 0 Å². The van der Waals surface area contributed by atoms with Gasteiger partial charge in [-0.05, 0) is 22.6 Å². The molecule has 1 aromatic carbocycles. The number of benzene rings is 1. The molecule has 0 saturated carbocycles. The largest absolute Gasteiger partial charge is 0.398 e. The predicted octanol–water partition coefficient (Wildman–Crippen LogP) is 1.34. The first-order valence-electron chi connectivity index (χ1n) is 5.79. The Morgan fingerprint density at radius 1 is 1.47 bits per heavy atom. The molecule has 102 valence electrons. The lowest BCUT2D eigenvalue weighted by Gasteiger charge is -2.08. The van der Waals surface area contributed by atoms with Crippen LogP contribution in [0.1, 0.15) is 6.92 Å². The molecular formula is C11H14ClN5OS. The second kappa shape index (κ2) is 6.12. The third-order valence-electron chi connectivity index (χ3n) is 2.65.